The molecule has 0 atom stereocenters. The largest absolute Gasteiger partial charge is 0.282 e. The van der Waals surface area contributed by atoms with Crippen molar-refractivity contribution in [3.05, 3.63) is 48.6 Å². The quantitative estimate of drug-likeness (QED) is 0.587. The zero-order chi connectivity index (χ0) is 11.1. The van der Waals surface area contributed by atoms with Crippen LogP contribution < -0.4 is 4.89 Å². The Hall–Kier alpha value is -1.17. The normalized spacial score (nSPS) is 11.2. The fourth-order valence-electron chi connectivity index (χ4n) is 0.966. The summed E-state index contributed by atoms with van der Waals surface area (Å²) in [6.45, 7) is 3.54. The van der Waals surface area contributed by atoms with Crippen LogP contribution in [0.15, 0.2) is 43.0 Å². The summed E-state index contributed by atoms with van der Waals surface area (Å²) in [6.07, 6.45) is 1.30. The van der Waals surface area contributed by atoms with Gasteiger partial charge in [-0.15, -0.1) is 6.58 Å². The second kappa shape index (κ2) is 5.65. The molecule has 0 unspecified atom stereocenters. The van der Waals surface area contributed by atoms with E-state index in [9.17, 15) is 8.42 Å². The lowest BCUT2D eigenvalue weighted by atomic mass is 10.2. The monoisotopic (exact) mass is 227 g/mol. The van der Waals surface area contributed by atoms with Gasteiger partial charge in [-0.2, -0.15) is 0 Å². The van der Waals surface area contributed by atoms with Gasteiger partial charge in [-0.05, 0) is 5.56 Å². The molecular formula is C10H13NO3S. The van der Waals surface area contributed by atoms with E-state index in [1.165, 1.54) is 6.08 Å². The molecule has 0 radical (unpaired) electrons. The van der Waals surface area contributed by atoms with Crippen molar-refractivity contribution in [3.63, 3.8) is 0 Å². The summed E-state index contributed by atoms with van der Waals surface area (Å²) in [4.78, 5) is 6.86. The smallest absolute Gasteiger partial charge is 0.237 e. The van der Waals surface area contributed by atoms with Crippen molar-refractivity contribution >= 4 is 10.0 Å². The Morgan fingerprint density at radius 2 is 2.00 bits per heavy atom. The first kappa shape index (κ1) is 11.9. The molecule has 82 valence electrons. The Balaban J connectivity index is 2.37. The van der Waals surface area contributed by atoms with Crippen molar-refractivity contribution in [1.29, 1.82) is 0 Å². The van der Waals surface area contributed by atoms with Crippen LogP contribution in [0.3, 0.4) is 0 Å². The molecule has 15 heavy (non-hydrogen) atoms. The van der Waals surface area contributed by atoms with E-state index in [0.29, 0.717) is 0 Å². The molecule has 0 aromatic heterocycles. The molecule has 0 aliphatic heterocycles. The van der Waals surface area contributed by atoms with E-state index < -0.39 is 10.0 Å². The molecule has 1 rings (SSSR count). The van der Waals surface area contributed by atoms with Gasteiger partial charge in [0.15, 0.2) is 0 Å². The summed E-state index contributed by atoms with van der Waals surface area (Å²) in [7, 11) is -3.39. The Bertz CT molecular complexity index is 400. The van der Waals surface area contributed by atoms with Crippen molar-refractivity contribution in [2.45, 2.75) is 6.61 Å². The van der Waals surface area contributed by atoms with Crippen molar-refractivity contribution in [2.75, 3.05) is 5.75 Å². The molecule has 0 aliphatic rings. The van der Waals surface area contributed by atoms with Gasteiger partial charge in [-0.1, -0.05) is 41.3 Å². The Morgan fingerprint density at radius 3 is 2.60 bits per heavy atom. The lowest BCUT2D eigenvalue weighted by Crippen LogP contribution is -2.25. The van der Waals surface area contributed by atoms with Crippen LogP contribution in [-0.4, -0.2) is 14.2 Å². The van der Waals surface area contributed by atoms with Crippen LogP contribution in [0.2, 0.25) is 0 Å². The standard InChI is InChI=1S/C10H13NO3S/c1-2-8-15(12,13)11-14-9-10-6-4-3-5-7-10/h2-7,11H,1,8-9H2. The van der Waals surface area contributed by atoms with E-state index in [-0.39, 0.29) is 12.4 Å². The third-order valence-electron chi connectivity index (χ3n) is 1.60. The van der Waals surface area contributed by atoms with Crippen LogP contribution in [0.1, 0.15) is 5.56 Å². The molecule has 0 bridgehead atoms. The molecule has 0 saturated carbocycles. The lowest BCUT2D eigenvalue weighted by Gasteiger charge is -2.04. The second-order valence-electron chi connectivity index (χ2n) is 2.93. The van der Waals surface area contributed by atoms with Crippen molar-refractivity contribution in [2.24, 2.45) is 0 Å². The molecule has 1 aromatic rings. The van der Waals surface area contributed by atoms with Gasteiger partial charge in [0.05, 0.1) is 12.4 Å². The number of hydrogen-bond acceptors (Lipinski definition) is 3. The SMILES string of the molecule is C=CCS(=O)(=O)NOCc1ccccc1. The highest BCUT2D eigenvalue weighted by Crippen LogP contribution is 1.99. The summed E-state index contributed by atoms with van der Waals surface area (Å²) in [6, 6.07) is 9.29. The molecule has 5 heteroatoms. The highest BCUT2D eigenvalue weighted by molar-refractivity contribution is 7.89. The van der Waals surface area contributed by atoms with E-state index in [1.807, 2.05) is 35.2 Å². The summed E-state index contributed by atoms with van der Waals surface area (Å²) in [5.41, 5.74) is 0.902. The zero-order valence-electron chi connectivity index (χ0n) is 8.22. The zero-order valence-corrected chi connectivity index (χ0v) is 9.03. The minimum atomic E-state index is -3.39. The maximum Gasteiger partial charge on any atom is 0.237 e. The Labute approximate surface area is 89.6 Å². The third-order valence-corrected chi connectivity index (χ3v) is 2.65. The summed E-state index contributed by atoms with van der Waals surface area (Å²) in [5.74, 6) is -0.151. The number of nitrogens with one attached hydrogen (secondary N) is 1. The molecule has 0 amide bonds. The summed E-state index contributed by atoms with van der Waals surface area (Å²) < 4.78 is 22.2. The third kappa shape index (κ3) is 4.73. The number of sulfonamides is 1. The average molecular weight is 227 g/mol. The van der Waals surface area contributed by atoms with Crippen LogP contribution in [0.25, 0.3) is 0 Å². The molecule has 0 heterocycles. The predicted octanol–water partition coefficient (Wildman–Crippen LogP) is 1.22. The van der Waals surface area contributed by atoms with Crippen LogP contribution in [0.5, 0.6) is 0 Å². The topological polar surface area (TPSA) is 55.4 Å². The Morgan fingerprint density at radius 1 is 1.33 bits per heavy atom. The van der Waals surface area contributed by atoms with Gasteiger partial charge in [-0.3, -0.25) is 4.84 Å². The van der Waals surface area contributed by atoms with Gasteiger partial charge in [-0.25, -0.2) is 8.42 Å². The van der Waals surface area contributed by atoms with Gasteiger partial charge >= 0.3 is 0 Å². The number of benzene rings is 1. The highest BCUT2D eigenvalue weighted by atomic mass is 32.2. The molecule has 0 aliphatic carbocycles. The fraction of sp³-hybridized carbons (Fsp3) is 0.200. The average Bonchev–Trinajstić information content (AvgIpc) is 2.19. The predicted molar refractivity (Wildman–Crippen MR) is 58.4 cm³/mol. The molecule has 1 N–H and O–H groups in total. The van der Waals surface area contributed by atoms with Gasteiger partial charge in [0.25, 0.3) is 0 Å². The van der Waals surface area contributed by atoms with Gasteiger partial charge < -0.3 is 0 Å². The van der Waals surface area contributed by atoms with Crippen molar-refractivity contribution in [3.8, 4) is 0 Å². The molecule has 0 fully saturated rings. The van der Waals surface area contributed by atoms with E-state index in [1.54, 1.807) is 0 Å². The first-order chi connectivity index (χ1) is 7.14. The molecular weight excluding hydrogens is 214 g/mol. The van der Waals surface area contributed by atoms with E-state index in [0.717, 1.165) is 5.56 Å². The molecule has 0 saturated heterocycles. The van der Waals surface area contributed by atoms with Crippen LogP contribution >= 0.6 is 0 Å². The van der Waals surface area contributed by atoms with Crippen LogP contribution in [0, 0.1) is 0 Å². The summed E-state index contributed by atoms with van der Waals surface area (Å²) in [5, 5.41) is 0. The number of hydrogen-bond donors (Lipinski definition) is 1. The molecule has 4 nitrogen and oxygen atoms in total. The van der Waals surface area contributed by atoms with Gasteiger partial charge in [0, 0.05) is 0 Å². The minimum absolute atomic E-state index is 0.151. The summed E-state index contributed by atoms with van der Waals surface area (Å²) >= 11 is 0. The van der Waals surface area contributed by atoms with E-state index in [2.05, 4.69) is 6.58 Å². The maximum absolute atomic E-state index is 11.1. The van der Waals surface area contributed by atoms with Gasteiger partial charge in [0.2, 0.25) is 10.0 Å². The lowest BCUT2D eigenvalue weighted by molar-refractivity contribution is 0.0798. The minimum Gasteiger partial charge on any atom is -0.282 e. The van der Waals surface area contributed by atoms with E-state index in [4.69, 9.17) is 4.84 Å². The number of rotatable bonds is 6. The highest BCUT2D eigenvalue weighted by Gasteiger charge is 2.06. The first-order valence-electron chi connectivity index (χ1n) is 4.40. The first-order valence-corrected chi connectivity index (χ1v) is 6.05. The molecule has 1 aromatic carbocycles. The van der Waals surface area contributed by atoms with E-state index >= 15 is 0 Å². The van der Waals surface area contributed by atoms with Crippen LogP contribution in [-0.2, 0) is 21.5 Å². The second-order valence-corrected chi connectivity index (χ2v) is 4.66. The van der Waals surface area contributed by atoms with Crippen molar-refractivity contribution < 1.29 is 13.3 Å². The van der Waals surface area contributed by atoms with Gasteiger partial charge in [0.1, 0.15) is 0 Å². The molecule has 0 spiro atoms. The van der Waals surface area contributed by atoms with Crippen molar-refractivity contribution in [1.82, 2.24) is 4.89 Å². The maximum atomic E-state index is 11.1. The Kier molecular flexibility index (Phi) is 4.48. The van der Waals surface area contributed by atoms with Crippen LogP contribution in [0.4, 0.5) is 0 Å². The fourth-order valence-corrected chi connectivity index (χ4v) is 1.58.